The molecule has 0 saturated heterocycles. The lowest BCUT2D eigenvalue weighted by Crippen LogP contribution is -2.12. The molecule has 0 aliphatic heterocycles. The van der Waals surface area contributed by atoms with Crippen molar-refractivity contribution in [2.45, 2.75) is 26.2 Å². The molecule has 0 bridgehead atoms. The van der Waals surface area contributed by atoms with Gasteiger partial charge in [0.25, 0.3) is 0 Å². The van der Waals surface area contributed by atoms with Crippen molar-refractivity contribution in [3.8, 4) is 0 Å². The van der Waals surface area contributed by atoms with E-state index in [1.165, 1.54) is 24.3 Å². The van der Waals surface area contributed by atoms with Gasteiger partial charge in [-0.1, -0.05) is 12.1 Å². The zero-order chi connectivity index (χ0) is 14.7. The molecule has 0 aliphatic rings. The normalized spacial score (nSPS) is 11.1. The van der Waals surface area contributed by atoms with E-state index in [-0.39, 0.29) is 17.6 Å². The van der Waals surface area contributed by atoms with Gasteiger partial charge in [0, 0.05) is 5.92 Å². The first-order valence-corrected chi connectivity index (χ1v) is 6.75. The topological polar surface area (TPSA) is 26.0 Å². The van der Waals surface area contributed by atoms with Gasteiger partial charge in [-0.25, -0.2) is 8.78 Å². The molecule has 2 aromatic carbocycles. The molecule has 20 heavy (non-hydrogen) atoms. The fourth-order valence-electron chi connectivity index (χ4n) is 2.62. The van der Waals surface area contributed by atoms with Gasteiger partial charge in [0.2, 0.25) is 0 Å². The third-order valence-electron chi connectivity index (χ3n) is 3.69. The monoisotopic (exact) mass is 275 g/mol. The Kier molecular flexibility index (Phi) is 4.50. The highest BCUT2D eigenvalue weighted by molar-refractivity contribution is 5.41. The lowest BCUT2D eigenvalue weighted by Gasteiger charge is -2.21. The second kappa shape index (κ2) is 6.14. The number of rotatable bonds is 4. The summed E-state index contributed by atoms with van der Waals surface area (Å²) in [6.45, 7) is 4.34. The van der Waals surface area contributed by atoms with Crippen molar-refractivity contribution >= 4 is 0 Å². The van der Waals surface area contributed by atoms with E-state index in [4.69, 9.17) is 5.73 Å². The van der Waals surface area contributed by atoms with Gasteiger partial charge in [0.15, 0.2) is 0 Å². The number of hydrogen-bond acceptors (Lipinski definition) is 1. The first-order valence-electron chi connectivity index (χ1n) is 6.75. The molecular formula is C17H19F2N. The molecular weight excluding hydrogens is 256 g/mol. The summed E-state index contributed by atoms with van der Waals surface area (Å²) in [4.78, 5) is 0. The summed E-state index contributed by atoms with van der Waals surface area (Å²) in [5.41, 5.74) is 9.44. The minimum Gasteiger partial charge on any atom is -0.330 e. The first-order chi connectivity index (χ1) is 9.52. The van der Waals surface area contributed by atoms with Crippen molar-refractivity contribution in [1.82, 2.24) is 0 Å². The van der Waals surface area contributed by atoms with Crippen LogP contribution in [0.1, 0.15) is 34.6 Å². The van der Waals surface area contributed by atoms with E-state index < -0.39 is 0 Å². The lowest BCUT2D eigenvalue weighted by atomic mass is 9.84. The van der Waals surface area contributed by atoms with Gasteiger partial charge >= 0.3 is 0 Å². The fourth-order valence-corrected chi connectivity index (χ4v) is 2.62. The van der Waals surface area contributed by atoms with Crippen LogP contribution >= 0.6 is 0 Å². The number of benzene rings is 2. The maximum Gasteiger partial charge on any atom is 0.123 e. The Labute approximate surface area is 118 Å². The van der Waals surface area contributed by atoms with Gasteiger partial charge < -0.3 is 5.73 Å². The third-order valence-corrected chi connectivity index (χ3v) is 3.69. The number of hydrogen-bond donors (Lipinski definition) is 1. The smallest absolute Gasteiger partial charge is 0.123 e. The fraction of sp³-hybridized carbons (Fsp3) is 0.294. The van der Waals surface area contributed by atoms with Crippen LogP contribution in [0.4, 0.5) is 8.78 Å². The minimum absolute atomic E-state index is 0.0774. The molecule has 2 rings (SSSR count). The molecule has 0 amide bonds. The second-order valence-corrected chi connectivity index (χ2v) is 5.13. The summed E-state index contributed by atoms with van der Waals surface area (Å²) in [5.74, 6) is -0.630. The molecule has 0 aliphatic carbocycles. The maximum absolute atomic E-state index is 13.5. The molecule has 3 heteroatoms. The molecule has 1 nitrogen and oxygen atoms in total. The molecule has 2 aromatic rings. The Morgan fingerprint density at radius 3 is 1.75 bits per heavy atom. The third kappa shape index (κ3) is 3.05. The van der Waals surface area contributed by atoms with Crippen molar-refractivity contribution in [1.29, 1.82) is 0 Å². The highest BCUT2D eigenvalue weighted by Gasteiger charge is 2.18. The van der Waals surface area contributed by atoms with Gasteiger partial charge in [-0.2, -0.15) is 0 Å². The van der Waals surface area contributed by atoms with E-state index >= 15 is 0 Å². The number of aryl methyl sites for hydroxylation is 2. The van der Waals surface area contributed by atoms with Crippen molar-refractivity contribution in [2.75, 3.05) is 6.54 Å². The summed E-state index contributed by atoms with van der Waals surface area (Å²) in [7, 11) is 0. The van der Waals surface area contributed by atoms with E-state index in [0.29, 0.717) is 13.0 Å². The Balaban J connectivity index is 2.55. The van der Waals surface area contributed by atoms with Crippen LogP contribution in [0.3, 0.4) is 0 Å². The van der Waals surface area contributed by atoms with Gasteiger partial charge in [0.1, 0.15) is 11.6 Å². The summed E-state index contributed by atoms with van der Waals surface area (Å²) in [6.07, 6.45) is 0.661. The van der Waals surface area contributed by atoms with Crippen LogP contribution in [0.2, 0.25) is 0 Å². The van der Waals surface area contributed by atoms with Crippen LogP contribution in [0, 0.1) is 25.5 Å². The van der Waals surface area contributed by atoms with Crippen molar-refractivity contribution < 1.29 is 8.78 Å². The maximum atomic E-state index is 13.5. The zero-order valence-electron chi connectivity index (χ0n) is 11.8. The van der Waals surface area contributed by atoms with Crippen LogP contribution < -0.4 is 5.73 Å². The summed E-state index contributed by atoms with van der Waals surface area (Å²) >= 11 is 0. The highest BCUT2D eigenvalue weighted by atomic mass is 19.1. The summed E-state index contributed by atoms with van der Waals surface area (Å²) in [6, 6.07) is 9.44. The average Bonchev–Trinajstić information content (AvgIpc) is 2.42. The molecule has 0 unspecified atom stereocenters. The predicted octanol–water partition coefficient (Wildman–Crippen LogP) is 4.06. The first kappa shape index (κ1) is 14.7. The molecule has 0 fully saturated rings. The Morgan fingerprint density at radius 2 is 1.35 bits per heavy atom. The predicted molar refractivity (Wildman–Crippen MR) is 77.8 cm³/mol. The molecule has 0 atom stereocenters. The SMILES string of the molecule is Cc1ccc(F)cc1C(CCN)c1cc(F)ccc1C. The average molecular weight is 275 g/mol. The molecule has 0 heterocycles. The van der Waals surface area contributed by atoms with Crippen molar-refractivity contribution in [3.05, 3.63) is 70.3 Å². The van der Waals surface area contributed by atoms with E-state index in [0.717, 1.165) is 22.3 Å². The van der Waals surface area contributed by atoms with Crippen LogP contribution in [-0.4, -0.2) is 6.54 Å². The quantitative estimate of drug-likeness (QED) is 0.894. The van der Waals surface area contributed by atoms with Gasteiger partial charge in [-0.05, 0) is 73.3 Å². The van der Waals surface area contributed by atoms with Crippen LogP contribution in [0.5, 0.6) is 0 Å². The van der Waals surface area contributed by atoms with Gasteiger partial charge in [0.05, 0.1) is 0 Å². The van der Waals surface area contributed by atoms with Crippen molar-refractivity contribution in [2.24, 2.45) is 5.73 Å². The highest BCUT2D eigenvalue weighted by Crippen LogP contribution is 2.32. The zero-order valence-corrected chi connectivity index (χ0v) is 11.8. The Bertz CT molecular complexity index is 556. The van der Waals surface area contributed by atoms with E-state index in [1.54, 1.807) is 12.1 Å². The summed E-state index contributed by atoms with van der Waals surface area (Å²) in [5, 5.41) is 0. The van der Waals surface area contributed by atoms with Gasteiger partial charge in [-0.3, -0.25) is 0 Å². The molecule has 2 N–H and O–H groups in total. The second-order valence-electron chi connectivity index (χ2n) is 5.13. The molecule has 0 saturated carbocycles. The molecule has 0 spiro atoms. The van der Waals surface area contributed by atoms with Crippen molar-refractivity contribution in [3.63, 3.8) is 0 Å². The largest absolute Gasteiger partial charge is 0.330 e. The Morgan fingerprint density at radius 1 is 0.900 bits per heavy atom. The van der Waals surface area contributed by atoms with E-state index in [1.807, 2.05) is 13.8 Å². The standard InChI is InChI=1S/C17H19F2N/c1-11-3-5-13(18)9-16(11)15(7-8-20)17-10-14(19)6-4-12(17)2/h3-6,9-10,15H,7-8,20H2,1-2H3. The number of halogens is 2. The van der Waals surface area contributed by atoms with E-state index in [9.17, 15) is 8.78 Å². The molecule has 0 aromatic heterocycles. The minimum atomic E-state index is -0.276. The Hall–Kier alpha value is -1.74. The molecule has 0 radical (unpaired) electrons. The molecule has 106 valence electrons. The number of nitrogens with two attached hydrogens (primary N) is 1. The lowest BCUT2D eigenvalue weighted by molar-refractivity contribution is 0.612. The summed E-state index contributed by atoms with van der Waals surface area (Å²) < 4.78 is 27.1. The van der Waals surface area contributed by atoms with Gasteiger partial charge in [-0.15, -0.1) is 0 Å². The van der Waals surface area contributed by atoms with E-state index in [2.05, 4.69) is 0 Å². The van der Waals surface area contributed by atoms with Crippen LogP contribution in [0.25, 0.3) is 0 Å². The van der Waals surface area contributed by atoms with Crippen LogP contribution in [0.15, 0.2) is 36.4 Å². The van der Waals surface area contributed by atoms with Crippen LogP contribution in [-0.2, 0) is 0 Å².